The number of hydrogen-bond donors (Lipinski definition) is 2. The first-order chi connectivity index (χ1) is 15.5. The summed E-state index contributed by atoms with van der Waals surface area (Å²) < 4.78 is 5.14. The van der Waals surface area contributed by atoms with Crippen LogP contribution in [0.15, 0.2) is 83.0 Å². The normalized spacial score (nSPS) is 11.1. The molecule has 6 nitrogen and oxygen atoms in total. The second-order valence-corrected chi connectivity index (χ2v) is 7.59. The van der Waals surface area contributed by atoms with Gasteiger partial charge in [0.2, 0.25) is 0 Å². The van der Waals surface area contributed by atoms with Gasteiger partial charge in [-0.1, -0.05) is 41.9 Å². The van der Waals surface area contributed by atoms with Gasteiger partial charge in [0, 0.05) is 16.1 Å². The van der Waals surface area contributed by atoms with Crippen LogP contribution in [0, 0.1) is 6.92 Å². The third-order valence-corrected chi connectivity index (χ3v) is 5.25. The van der Waals surface area contributed by atoms with Gasteiger partial charge < -0.3 is 15.2 Å². The molecular formula is C25H20ClN3O3. The van der Waals surface area contributed by atoms with E-state index in [9.17, 15) is 9.90 Å². The Morgan fingerprint density at radius 2 is 1.75 bits per heavy atom. The van der Waals surface area contributed by atoms with Gasteiger partial charge in [0.1, 0.15) is 11.4 Å². The number of phenolic OH excluding ortho intramolecular Hbond substituents is 1. The lowest BCUT2D eigenvalue weighted by atomic mass is 10.0. The number of rotatable bonds is 5. The minimum atomic E-state index is -0.464. The average molecular weight is 446 g/mol. The Bertz CT molecular complexity index is 1330. The number of aryl methyl sites for hydroxylation is 1. The molecule has 0 fully saturated rings. The quantitative estimate of drug-likeness (QED) is 0.319. The molecule has 0 saturated heterocycles. The lowest BCUT2D eigenvalue weighted by Gasteiger charge is -2.11. The Morgan fingerprint density at radius 3 is 2.50 bits per heavy atom. The Hall–Kier alpha value is -3.90. The molecule has 4 aromatic carbocycles. The topological polar surface area (TPSA) is 83.3 Å². The molecule has 0 aliphatic carbocycles. The molecule has 2 N–H and O–H groups in total. The van der Waals surface area contributed by atoms with Gasteiger partial charge in [-0.25, -0.2) is 0 Å². The first kappa shape index (κ1) is 21.3. The minimum Gasteiger partial charge on any atom is -0.505 e. The maximum atomic E-state index is 13.0. The maximum absolute atomic E-state index is 13.0. The van der Waals surface area contributed by atoms with E-state index in [0.29, 0.717) is 27.5 Å². The van der Waals surface area contributed by atoms with Crippen LogP contribution in [0.3, 0.4) is 0 Å². The van der Waals surface area contributed by atoms with Crippen LogP contribution in [0.4, 0.5) is 17.1 Å². The lowest BCUT2D eigenvalue weighted by Crippen LogP contribution is -2.12. The molecule has 0 aromatic heterocycles. The standard InChI is InChI=1S/C25H20ClN3O3/c1-15-7-8-17(26)14-22(15)28-29-23-20-6-4-3-5-16(20)13-21(24(23)30)25(31)27-18-9-11-19(32-2)12-10-18/h3-14,30H,1-2H3,(H,27,31). The van der Waals surface area contributed by atoms with E-state index in [4.69, 9.17) is 16.3 Å². The maximum Gasteiger partial charge on any atom is 0.259 e. The van der Waals surface area contributed by atoms with E-state index in [-0.39, 0.29) is 17.0 Å². The van der Waals surface area contributed by atoms with E-state index in [1.54, 1.807) is 49.6 Å². The van der Waals surface area contributed by atoms with Gasteiger partial charge in [-0.05, 0) is 60.3 Å². The van der Waals surface area contributed by atoms with Gasteiger partial charge in [-0.3, -0.25) is 4.79 Å². The van der Waals surface area contributed by atoms with E-state index < -0.39 is 5.91 Å². The Labute approximate surface area is 190 Å². The number of phenols is 1. The number of azo groups is 1. The molecule has 0 aliphatic heterocycles. The van der Waals surface area contributed by atoms with Crippen molar-refractivity contribution in [3.05, 3.63) is 88.9 Å². The third kappa shape index (κ3) is 4.40. The minimum absolute atomic E-state index is 0.0938. The summed E-state index contributed by atoms with van der Waals surface area (Å²) in [4.78, 5) is 13.0. The van der Waals surface area contributed by atoms with Crippen LogP contribution in [-0.4, -0.2) is 18.1 Å². The molecule has 1 amide bonds. The van der Waals surface area contributed by atoms with Gasteiger partial charge in [0.25, 0.3) is 5.91 Å². The zero-order chi connectivity index (χ0) is 22.7. The number of carbonyl (C=O) groups excluding carboxylic acids is 1. The first-order valence-electron chi connectivity index (χ1n) is 9.84. The van der Waals surface area contributed by atoms with E-state index in [1.807, 2.05) is 37.3 Å². The fraction of sp³-hybridized carbons (Fsp3) is 0.0800. The van der Waals surface area contributed by atoms with Gasteiger partial charge >= 0.3 is 0 Å². The molecule has 160 valence electrons. The summed E-state index contributed by atoms with van der Waals surface area (Å²) in [6.07, 6.45) is 0. The summed E-state index contributed by atoms with van der Waals surface area (Å²) >= 11 is 6.08. The van der Waals surface area contributed by atoms with E-state index >= 15 is 0 Å². The molecule has 0 radical (unpaired) electrons. The number of anilines is 1. The van der Waals surface area contributed by atoms with Crippen molar-refractivity contribution < 1.29 is 14.6 Å². The summed E-state index contributed by atoms with van der Waals surface area (Å²) in [5.74, 6) is -0.0393. The first-order valence-corrected chi connectivity index (χ1v) is 10.2. The van der Waals surface area contributed by atoms with Gasteiger partial charge in [0.15, 0.2) is 5.75 Å². The second kappa shape index (κ2) is 9.08. The summed E-state index contributed by atoms with van der Waals surface area (Å²) in [7, 11) is 1.57. The van der Waals surface area contributed by atoms with Crippen LogP contribution in [0.25, 0.3) is 10.8 Å². The summed E-state index contributed by atoms with van der Waals surface area (Å²) in [5.41, 5.74) is 2.34. The highest BCUT2D eigenvalue weighted by Crippen LogP contribution is 2.40. The molecule has 0 spiro atoms. The molecular weight excluding hydrogens is 426 g/mol. The predicted molar refractivity (Wildman–Crippen MR) is 127 cm³/mol. The predicted octanol–water partition coefficient (Wildman–Crippen LogP) is 7.18. The van der Waals surface area contributed by atoms with Crippen LogP contribution < -0.4 is 10.1 Å². The van der Waals surface area contributed by atoms with Gasteiger partial charge in [-0.15, -0.1) is 5.11 Å². The number of carbonyl (C=O) groups is 1. The van der Waals surface area contributed by atoms with E-state index in [0.717, 1.165) is 10.9 Å². The van der Waals surface area contributed by atoms with Gasteiger partial charge in [-0.2, -0.15) is 5.11 Å². The highest BCUT2D eigenvalue weighted by Gasteiger charge is 2.18. The third-order valence-electron chi connectivity index (χ3n) is 5.02. The van der Waals surface area contributed by atoms with Crippen molar-refractivity contribution in [2.75, 3.05) is 12.4 Å². The number of hydrogen-bond acceptors (Lipinski definition) is 5. The van der Waals surface area contributed by atoms with E-state index in [2.05, 4.69) is 15.5 Å². The van der Waals surface area contributed by atoms with Crippen molar-refractivity contribution in [3.63, 3.8) is 0 Å². The van der Waals surface area contributed by atoms with Gasteiger partial charge in [0.05, 0.1) is 18.4 Å². The number of amides is 1. The number of halogens is 1. The van der Waals surface area contributed by atoms with Crippen LogP contribution in [0.5, 0.6) is 11.5 Å². The lowest BCUT2D eigenvalue weighted by molar-refractivity contribution is 0.102. The molecule has 4 aromatic rings. The number of aromatic hydroxyl groups is 1. The highest BCUT2D eigenvalue weighted by atomic mass is 35.5. The monoisotopic (exact) mass is 445 g/mol. The number of nitrogens with one attached hydrogen (secondary N) is 1. The number of benzene rings is 4. The van der Waals surface area contributed by atoms with Crippen molar-refractivity contribution in [3.8, 4) is 11.5 Å². The number of fused-ring (bicyclic) bond motifs is 1. The molecule has 0 aliphatic rings. The number of methoxy groups -OCH3 is 1. The Kier molecular flexibility index (Phi) is 6.05. The molecule has 0 atom stereocenters. The largest absolute Gasteiger partial charge is 0.505 e. The Morgan fingerprint density at radius 1 is 1.00 bits per heavy atom. The van der Waals surface area contributed by atoms with Crippen LogP contribution >= 0.6 is 11.6 Å². The van der Waals surface area contributed by atoms with Crippen LogP contribution in [-0.2, 0) is 0 Å². The molecule has 0 unspecified atom stereocenters. The van der Waals surface area contributed by atoms with Crippen molar-refractivity contribution in [2.45, 2.75) is 6.92 Å². The Balaban J connectivity index is 1.75. The van der Waals surface area contributed by atoms with Crippen molar-refractivity contribution in [2.24, 2.45) is 10.2 Å². The average Bonchev–Trinajstić information content (AvgIpc) is 2.80. The summed E-state index contributed by atoms with van der Waals surface area (Å²) in [6, 6.07) is 21.2. The highest BCUT2D eigenvalue weighted by molar-refractivity contribution is 6.30. The second-order valence-electron chi connectivity index (χ2n) is 7.16. The molecule has 0 heterocycles. The molecule has 7 heteroatoms. The number of ether oxygens (including phenoxy) is 1. The smallest absolute Gasteiger partial charge is 0.259 e. The fourth-order valence-corrected chi connectivity index (χ4v) is 3.43. The van der Waals surface area contributed by atoms with E-state index in [1.165, 1.54) is 0 Å². The number of nitrogens with zero attached hydrogens (tertiary/aromatic N) is 2. The fourth-order valence-electron chi connectivity index (χ4n) is 3.26. The van der Waals surface area contributed by atoms with Crippen LogP contribution in [0.1, 0.15) is 15.9 Å². The summed E-state index contributed by atoms with van der Waals surface area (Å²) in [5, 5.41) is 24.3. The van der Waals surface area contributed by atoms with Crippen LogP contribution in [0.2, 0.25) is 5.02 Å². The van der Waals surface area contributed by atoms with Crippen molar-refractivity contribution in [1.29, 1.82) is 0 Å². The van der Waals surface area contributed by atoms with Crippen molar-refractivity contribution in [1.82, 2.24) is 0 Å². The SMILES string of the molecule is COc1ccc(NC(=O)c2cc3ccccc3c(N=Nc3cc(Cl)ccc3C)c2O)cc1. The zero-order valence-electron chi connectivity index (χ0n) is 17.5. The molecule has 4 rings (SSSR count). The summed E-state index contributed by atoms with van der Waals surface area (Å²) in [6.45, 7) is 1.89. The molecule has 0 saturated carbocycles. The molecule has 32 heavy (non-hydrogen) atoms. The zero-order valence-corrected chi connectivity index (χ0v) is 18.2. The molecule has 0 bridgehead atoms. The van der Waals surface area contributed by atoms with Crippen molar-refractivity contribution >= 4 is 45.3 Å².